The molecule has 2 aromatic rings. The molecule has 1 fully saturated rings. The topological polar surface area (TPSA) is 50.3 Å². The molecule has 1 saturated heterocycles. The molecule has 0 aliphatic carbocycles. The summed E-state index contributed by atoms with van der Waals surface area (Å²) in [6.45, 7) is 11.1. The lowest BCUT2D eigenvalue weighted by Gasteiger charge is -2.36. The van der Waals surface area contributed by atoms with Gasteiger partial charge in [0.15, 0.2) is 0 Å². The highest BCUT2D eigenvalue weighted by molar-refractivity contribution is 5.48. The molecule has 0 unspecified atom stereocenters. The Morgan fingerprint density at radius 1 is 1.09 bits per heavy atom. The maximum Gasteiger partial charge on any atom is 0.0638 e. The minimum Gasteiger partial charge on any atom is -0.369 e. The average Bonchev–Trinajstić information content (AvgIpc) is 2.96. The van der Waals surface area contributed by atoms with Crippen LogP contribution in [0.2, 0.25) is 0 Å². The van der Waals surface area contributed by atoms with E-state index < -0.39 is 0 Å². The molecule has 1 aliphatic rings. The summed E-state index contributed by atoms with van der Waals surface area (Å²) in [6, 6.07) is 8.63. The van der Waals surface area contributed by atoms with E-state index in [-0.39, 0.29) is 0 Å². The summed E-state index contributed by atoms with van der Waals surface area (Å²) in [4.78, 5) is 4.98. The monoisotopic (exact) mass is 313 g/mol. The normalized spacial score (nSPS) is 16.0. The first-order valence-electron chi connectivity index (χ1n) is 8.49. The van der Waals surface area contributed by atoms with Crippen molar-refractivity contribution in [1.82, 2.24) is 14.7 Å². The van der Waals surface area contributed by atoms with Gasteiger partial charge in [0.25, 0.3) is 0 Å². The third kappa shape index (κ3) is 3.74. The van der Waals surface area contributed by atoms with Crippen molar-refractivity contribution in [3.8, 4) is 0 Å². The SMILES string of the molecule is CCn1cc(CN2CCN(c3ccc(CN)cc3)CC2)c(C)n1. The number of benzene rings is 1. The van der Waals surface area contributed by atoms with E-state index in [1.54, 1.807) is 0 Å². The zero-order valence-electron chi connectivity index (χ0n) is 14.2. The highest BCUT2D eigenvalue weighted by Gasteiger charge is 2.18. The fourth-order valence-electron chi connectivity index (χ4n) is 3.12. The van der Waals surface area contributed by atoms with Crippen molar-refractivity contribution in [2.45, 2.75) is 33.5 Å². The fraction of sp³-hybridized carbons (Fsp3) is 0.500. The van der Waals surface area contributed by atoms with Crippen molar-refractivity contribution in [3.05, 3.63) is 47.3 Å². The van der Waals surface area contributed by atoms with Gasteiger partial charge >= 0.3 is 0 Å². The number of rotatable bonds is 5. The van der Waals surface area contributed by atoms with E-state index in [1.165, 1.54) is 16.8 Å². The van der Waals surface area contributed by atoms with Gasteiger partial charge in [-0.15, -0.1) is 0 Å². The number of piperazine rings is 1. The van der Waals surface area contributed by atoms with Crippen LogP contribution in [0.4, 0.5) is 5.69 Å². The second kappa shape index (κ2) is 7.15. The average molecular weight is 313 g/mol. The van der Waals surface area contributed by atoms with Crippen molar-refractivity contribution in [2.75, 3.05) is 31.1 Å². The van der Waals surface area contributed by atoms with Crippen LogP contribution in [0.25, 0.3) is 0 Å². The quantitative estimate of drug-likeness (QED) is 0.917. The Hall–Kier alpha value is -1.85. The van der Waals surface area contributed by atoms with Crippen LogP contribution < -0.4 is 10.6 Å². The van der Waals surface area contributed by atoms with Crippen LogP contribution in [0.3, 0.4) is 0 Å². The maximum absolute atomic E-state index is 5.67. The molecule has 0 radical (unpaired) electrons. The summed E-state index contributed by atoms with van der Waals surface area (Å²) < 4.78 is 2.03. The molecule has 1 aromatic carbocycles. The van der Waals surface area contributed by atoms with Crippen molar-refractivity contribution in [1.29, 1.82) is 0 Å². The number of anilines is 1. The van der Waals surface area contributed by atoms with E-state index in [1.807, 2.05) is 4.68 Å². The molecule has 5 nitrogen and oxygen atoms in total. The van der Waals surface area contributed by atoms with E-state index >= 15 is 0 Å². The lowest BCUT2D eigenvalue weighted by atomic mass is 10.1. The van der Waals surface area contributed by atoms with Gasteiger partial charge in [-0.05, 0) is 31.5 Å². The molecular weight excluding hydrogens is 286 g/mol. The molecule has 3 rings (SSSR count). The Labute approximate surface area is 138 Å². The Bertz CT molecular complexity index is 623. The molecule has 0 atom stereocenters. The van der Waals surface area contributed by atoms with Crippen LogP contribution in [0.1, 0.15) is 23.7 Å². The van der Waals surface area contributed by atoms with Gasteiger partial charge < -0.3 is 10.6 Å². The molecule has 1 aliphatic heterocycles. The van der Waals surface area contributed by atoms with Crippen molar-refractivity contribution in [2.24, 2.45) is 5.73 Å². The maximum atomic E-state index is 5.67. The predicted molar refractivity (Wildman–Crippen MR) is 94.5 cm³/mol. The Morgan fingerprint density at radius 2 is 1.78 bits per heavy atom. The van der Waals surface area contributed by atoms with Crippen LogP contribution in [0.15, 0.2) is 30.5 Å². The number of nitrogens with two attached hydrogens (primary N) is 1. The van der Waals surface area contributed by atoms with E-state index in [0.717, 1.165) is 45.0 Å². The molecule has 2 N–H and O–H groups in total. The largest absolute Gasteiger partial charge is 0.369 e. The summed E-state index contributed by atoms with van der Waals surface area (Å²) in [7, 11) is 0. The van der Waals surface area contributed by atoms with Crippen LogP contribution in [0.5, 0.6) is 0 Å². The summed E-state index contributed by atoms with van der Waals surface area (Å²) in [6.07, 6.45) is 2.19. The molecule has 0 spiro atoms. The highest BCUT2D eigenvalue weighted by Crippen LogP contribution is 2.18. The Balaban J connectivity index is 1.56. The predicted octanol–water partition coefficient (Wildman–Crippen LogP) is 1.99. The third-order valence-electron chi connectivity index (χ3n) is 4.68. The van der Waals surface area contributed by atoms with Crippen LogP contribution in [-0.4, -0.2) is 40.9 Å². The van der Waals surface area contributed by atoms with Crippen molar-refractivity contribution < 1.29 is 0 Å². The third-order valence-corrected chi connectivity index (χ3v) is 4.68. The number of hydrogen-bond acceptors (Lipinski definition) is 4. The summed E-state index contributed by atoms with van der Waals surface area (Å²) >= 11 is 0. The standard InChI is InChI=1S/C18H27N5/c1-3-23-14-17(15(2)20-23)13-21-8-10-22(11-9-21)18-6-4-16(12-19)5-7-18/h4-7,14H,3,8-13,19H2,1-2H3. The minimum atomic E-state index is 0.610. The summed E-state index contributed by atoms with van der Waals surface area (Å²) in [5.41, 5.74) is 10.7. The van der Waals surface area contributed by atoms with Gasteiger partial charge in [0.05, 0.1) is 5.69 Å². The first-order valence-corrected chi connectivity index (χ1v) is 8.49. The molecule has 5 heteroatoms. The molecule has 1 aromatic heterocycles. The van der Waals surface area contributed by atoms with Crippen LogP contribution >= 0.6 is 0 Å². The lowest BCUT2D eigenvalue weighted by Crippen LogP contribution is -2.46. The molecule has 124 valence electrons. The molecule has 0 bridgehead atoms. The van der Waals surface area contributed by atoms with E-state index in [4.69, 9.17) is 5.73 Å². The van der Waals surface area contributed by atoms with Gasteiger partial charge in [0, 0.05) is 63.3 Å². The molecule has 0 saturated carbocycles. The molecule has 0 amide bonds. The Morgan fingerprint density at radius 3 is 2.35 bits per heavy atom. The zero-order chi connectivity index (χ0) is 16.2. The number of aromatic nitrogens is 2. The van der Waals surface area contributed by atoms with Gasteiger partial charge in [-0.3, -0.25) is 9.58 Å². The number of aryl methyl sites for hydroxylation is 2. The number of nitrogens with zero attached hydrogens (tertiary/aromatic N) is 4. The van der Waals surface area contributed by atoms with Gasteiger partial charge in [-0.1, -0.05) is 12.1 Å². The smallest absolute Gasteiger partial charge is 0.0638 e. The second-order valence-electron chi connectivity index (χ2n) is 6.23. The van der Waals surface area contributed by atoms with Gasteiger partial charge in [0.2, 0.25) is 0 Å². The molecule has 23 heavy (non-hydrogen) atoms. The summed E-state index contributed by atoms with van der Waals surface area (Å²) in [5, 5.41) is 4.54. The van der Waals surface area contributed by atoms with Crippen LogP contribution in [0, 0.1) is 6.92 Å². The molecule has 2 heterocycles. The highest BCUT2D eigenvalue weighted by atomic mass is 15.3. The van der Waals surface area contributed by atoms with Crippen molar-refractivity contribution in [3.63, 3.8) is 0 Å². The number of hydrogen-bond donors (Lipinski definition) is 1. The zero-order valence-corrected chi connectivity index (χ0v) is 14.2. The van der Waals surface area contributed by atoms with Crippen molar-refractivity contribution >= 4 is 5.69 Å². The summed E-state index contributed by atoms with van der Waals surface area (Å²) in [5.74, 6) is 0. The van der Waals surface area contributed by atoms with E-state index in [9.17, 15) is 0 Å². The minimum absolute atomic E-state index is 0.610. The fourth-order valence-corrected chi connectivity index (χ4v) is 3.12. The van der Waals surface area contributed by atoms with Gasteiger partial charge in [0.1, 0.15) is 0 Å². The van der Waals surface area contributed by atoms with E-state index in [2.05, 4.69) is 59.2 Å². The second-order valence-corrected chi connectivity index (χ2v) is 6.23. The van der Waals surface area contributed by atoms with Gasteiger partial charge in [-0.25, -0.2) is 0 Å². The molecular formula is C18H27N5. The first kappa shape index (κ1) is 16.0. The lowest BCUT2D eigenvalue weighted by molar-refractivity contribution is 0.249. The van der Waals surface area contributed by atoms with E-state index in [0.29, 0.717) is 6.54 Å². The van der Waals surface area contributed by atoms with Gasteiger partial charge in [-0.2, -0.15) is 5.10 Å². The van der Waals surface area contributed by atoms with Crippen LogP contribution in [-0.2, 0) is 19.6 Å². The first-order chi connectivity index (χ1) is 11.2. The Kier molecular flexibility index (Phi) is 4.98.